The van der Waals surface area contributed by atoms with Crippen molar-refractivity contribution in [3.63, 3.8) is 0 Å². The Labute approximate surface area is 144 Å². The lowest BCUT2D eigenvalue weighted by molar-refractivity contribution is -0.123. The number of benzene rings is 1. The number of halogens is 1. The fraction of sp³-hybridized carbons (Fsp3) is 0.294. The lowest BCUT2D eigenvalue weighted by Crippen LogP contribution is -2.46. The Morgan fingerprint density at radius 2 is 2.00 bits per heavy atom. The molecule has 0 saturated heterocycles. The highest BCUT2D eigenvalue weighted by Gasteiger charge is 2.22. The van der Waals surface area contributed by atoms with Crippen LogP contribution in [0.5, 0.6) is 0 Å². The molecule has 5 nitrogen and oxygen atoms in total. The third-order valence-electron chi connectivity index (χ3n) is 3.36. The van der Waals surface area contributed by atoms with Crippen LogP contribution in [0.15, 0.2) is 47.1 Å². The van der Waals surface area contributed by atoms with Crippen molar-refractivity contribution in [1.29, 1.82) is 0 Å². The van der Waals surface area contributed by atoms with E-state index < -0.39 is 11.9 Å². The summed E-state index contributed by atoms with van der Waals surface area (Å²) in [6.07, 6.45) is 3.84. The molecule has 1 heterocycles. The third-order valence-corrected chi connectivity index (χ3v) is 4.00. The fourth-order valence-corrected chi connectivity index (χ4v) is 2.53. The Morgan fingerprint density at radius 3 is 2.62 bits per heavy atom. The average molecular weight is 350 g/mol. The van der Waals surface area contributed by atoms with Gasteiger partial charge in [0.2, 0.25) is 5.91 Å². The summed E-state index contributed by atoms with van der Waals surface area (Å²) < 4.78 is 17.9. The average Bonchev–Trinajstić information content (AvgIpc) is 3.12. The number of rotatable bonds is 8. The zero-order valence-corrected chi connectivity index (χ0v) is 14.1. The highest BCUT2D eigenvalue weighted by atomic mass is 32.2. The largest absolute Gasteiger partial charge is 0.459 e. The molecule has 0 bridgehead atoms. The first kappa shape index (κ1) is 18.1. The lowest BCUT2D eigenvalue weighted by atomic mass is 10.1. The Bertz CT molecular complexity index is 659. The Morgan fingerprint density at radius 1 is 1.25 bits per heavy atom. The number of hydrogen-bond acceptors (Lipinski definition) is 4. The van der Waals surface area contributed by atoms with Crippen LogP contribution in [-0.2, 0) is 11.3 Å². The van der Waals surface area contributed by atoms with Crippen LogP contribution in [-0.4, -0.2) is 29.9 Å². The minimum atomic E-state index is -0.657. The van der Waals surface area contributed by atoms with Crippen molar-refractivity contribution in [3.8, 4) is 0 Å². The molecule has 0 fully saturated rings. The van der Waals surface area contributed by atoms with E-state index in [1.807, 2.05) is 6.26 Å². The second-order valence-electron chi connectivity index (χ2n) is 5.13. The van der Waals surface area contributed by atoms with Crippen LogP contribution in [0.1, 0.15) is 22.5 Å². The molecule has 0 unspecified atom stereocenters. The summed E-state index contributed by atoms with van der Waals surface area (Å²) in [5.41, 5.74) is 0.783. The van der Waals surface area contributed by atoms with Crippen molar-refractivity contribution in [2.24, 2.45) is 0 Å². The number of nitrogens with one attached hydrogen (secondary N) is 2. The molecule has 1 atom stereocenters. The van der Waals surface area contributed by atoms with Gasteiger partial charge in [0, 0.05) is 6.54 Å². The van der Waals surface area contributed by atoms with Gasteiger partial charge < -0.3 is 15.1 Å². The van der Waals surface area contributed by atoms with E-state index in [0.717, 1.165) is 11.3 Å². The molecule has 0 spiro atoms. The van der Waals surface area contributed by atoms with Crippen molar-refractivity contribution >= 4 is 23.6 Å². The molecule has 0 radical (unpaired) electrons. The van der Waals surface area contributed by atoms with Crippen LogP contribution in [0, 0.1) is 5.82 Å². The van der Waals surface area contributed by atoms with Crippen molar-refractivity contribution in [2.75, 3.05) is 12.0 Å². The molecule has 1 aromatic carbocycles. The Balaban J connectivity index is 1.93. The van der Waals surface area contributed by atoms with E-state index in [2.05, 4.69) is 10.6 Å². The van der Waals surface area contributed by atoms with E-state index in [1.54, 1.807) is 30.0 Å². The van der Waals surface area contributed by atoms with Gasteiger partial charge in [-0.05, 0) is 48.3 Å². The van der Waals surface area contributed by atoms with E-state index in [1.165, 1.54) is 24.5 Å². The summed E-state index contributed by atoms with van der Waals surface area (Å²) >= 11 is 1.59. The second kappa shape index (κ2) is 9.12. The maximum atomic E-state index is 12.9. The van der Waals surface area contributed by atoms with Gasteiger partial charge in [0.15, 0.2) is 5.76 Å². The maximum absolute atomic E-state index is 12.9. The summed E-state index contributed by atoms with van der Waals surface area (Å²) in [4.78, 5) is 24.4. The molecule has 2 amide bonds. The smallest absolute Gasteiger partial charge is 0.287 e. The van der Waals surface area contributed by atoms with Crippen LogP contribution in [0.25, 0.3) is 0 Å². The van der Waals surface area contributed by atoms with E-state index in [-0.39, 0.29) is 24.0 Å². The van der Waals surface area contributed by atoms with Gasteiger partial charge in [-0.1, -0.05) is 12.1 Å². The highest BCUT2D eigenvalue weighted by Crippen LogP contribution is 2.06. The van der Waals surface area contributed by atoms with Crippen LogP contribution >= 0.6 is 11.8 Å². The van der Waals surface area contributed by atoms with Crippen LogP contribution < -0.4 is 10.6 Å². The van der Waals surface area contributed by atoms with Crippen molar-refractivity contribution in [3.05, 3.63) is 59.8 Å². The first-order valence-electron chi connectivity index (χ1n) is 7.45. The molecular formula is C17H19FN2O3S. The normalized spacial score (nSPS) is 11.8. The monoisotopic (exact) mass is 350 g/mol. The predicted octanol–water partition coefficient (Wildman–Crippen LogP) is 2.59. The molecule has 7 heteroatoms. The van der Waals surface area contributed by atoms with Gasteiger partial charge in [-0.2, -0.15) is 11.8 Å². The van der Waals surface area contributed by atoms with Gasteiger partial charge in [-0.15, -0.1) is 0 Å². The topological polar surface area (TPSA) is 71.3 Å². The second-order valence-corrected chi connectivity index (χ2v) is 6.11. The van der Waals surface area contributed by atoms with E-state index in [9.17, 15) is 14.0 Å². The first-order valence-corrected chi connectivity index (χ1v) is 8.85. The molecule has 1 aromatic heterocycles. The minimum absolute atomic E-state index is 0.162. The molecule has 128 valence electrons. The zero-order valence-electron chi connectivity index (χ0n) is 13.3. The van der Waals surface area contributed by atoms with E-state index >= 15 is 0 Å². The molecule has 24 heavy (non-hydrogen) atoms. The van der Waals surface area contributed by atoms with Gasteiger partial charge in [-0.3, -0.25) is 9.59 Å². The molecule has 2 rings (SSSR count). The first-order chi connectivity index (χ1) is 11.6. The van der Waals surface area contributed by atoms with Crippen molar-refractivity contribution in [2.45, 2.75) is 19.0 Å². The molecule has 2 N–H and O–H groups in total. The standard InChI is InChI=1S/C17H19FN2O3S/c1-24-10-8-14(20-17(22)15-3-2-9-23-15)16(21)19-11-12-4-6-13(18)7-5-12/h2-7,9,14H,8,10-11H2,1H3,(H,19,21)(H,20,22)/t14-/m0/s1. The number of thioether (sulfide) groups is 1. The quantitative estimate of drug-likeness (QED) is 0.768. The third kappa shape index (κ3) is 5.42. The molecule has 2 aromatic rings. The fourth-order valence-electron chi connectivity index (χ4n) is 2.06. The van der Waals surface area contributed by atoms with Gasteiger partial charge in [0.25, 0.3) is 5.91 Å². The summed E-state index contributed by atoms with van der Waals surface area (Å²) in [5, 5.41) is 5.44. The van der Waals surface area contributed by atoms with Crippen LogP contribution in [0.4, 0.5) is 4.39 Å². The molecular weight excluding hydrogens is 331 g/mol. The predicted molar refractivity (Wildman–Crippen MR) is 91.2 cm³/mol. The summed E-state index contributed by atoms with van der Waals surface area (Å²) in [7, 11) is 0. The summed E-state index contributed by atoms with van der Waals surface area (Å²) in [5.74, 6) is -0.145. The number of furan rings is 1. The summed E-state index contributed by atoms with van der Waals surface area (Å²) in [6.45, 7) is 0.269. The SMILES string of the molecule is CSCC[C@H](NC(=O)c1ccco1)C(=O)NCc1ccc(F)cc1. The number of carbonyl (C=O) groups excluding carboxylic acids is 2. The van der Waals surface area contributed by atoms with Gasteiger partial charge in [-0.25, -0.2) is 4.39 Å². The van der Waals surface area contributed by atoms with Crippen LogP contribution in [0.2, 0.25) is 0 Å². The van der Waals surface area contributed by atoms with Crippen LogP contribution in [0.3, 0.4) is 0 Å². The number of carbonyl (C=O) groups is 2. The van der Waals surface area contributed by atoms with Gasteiger partial charge in [0.05, 0.1) is 6.26 Å². The zero-order chi connectivity index (χ0) is 17.4. The highest BCUT2D eigenvalue weighted by molar-refractivity contribution is 7.98. The Hall–Kier alpha value is -2.28. The van der Waals surface area contributed by atoms with Crippen molar-refractivity contribution in [1.82, 2.24) is 10.6 Å². The Kier molecular flexibility index (Phi) is 6.87. The molecule has 0 aliphatic rings. The number of hydrogen-bond donors (Lipinski definition) is 2. The molecule has 0 aliphatic heterocycles. The van der Waals surface area contributed by atoms with Gasteiger partial charge >= 0.3 is 0 Å². The molecule has 0 saturated carbocycles. The minimum Gasteiger partial charge on any atom is -0.459 e. The summed E-state index contributed by atoms with van der Waals surface area (Å²) in [6, 6.07) is 8.38. The lowest BCUT2D eigenvalue weighted by Gasteiger charge is -2.17. The van der Waals surface area contributed by atoms with Gasteiger partial charge in [0.1, 0.15) is 11.9 Å². The number of amides is 2. The maximum Gasteiger partial charge on any atom is 0.287 e. The van der Waals surface area contributed by atoms with Crippen molar-refractivity contribution < 1.29 is 18.4 Å². The van der Waals surface area contributed by atoms with E-state index in [0.29, 0.717) is 6.42 Å². The molecule has 0 aliphatic carbocycles. The van der Waals surface area contributed by atoms with E-state index in [4.69, 9.17) is 4.42 Å².